The molecule has 4 heteroatoms. The van der Waals surface area contributed by atoms with E-state index in [1.807, 2.05) is 0 Å². The average molecular weight is 242 g/mol. The maximum atomic E-state index is 10.9. The normalized spacial score (nSPS) is 16.6. The Hall–Kier alpha value is -0.610. The van der Waals surface area contributed by atoms with Crippen LogP contribution in [-0.4, -0.2) is 62.7 Å². The Kier molecular flexibility index (Phi) is 7.21. The number of hydrogen-bond donors (Lipinski definition) is 0. The number of ether oxygens (including phenoxy) is 1. The molecule has 1 heterocycles. The molecule has 0 aromatic heterocycles. The smallest absolute Gasteiger partial charge is 0.305 e. The molecule has 0 aromatic carbocycles. The standard InChI is InChI=1S/C13H26N2O2/c1-14(8-5-7-13(16)17-2)9-6-12-15-10-3-4-11-15/h3-12H2,1-2H3. The first-order chi connectivity index (χ1) is 8.22. The van der Waals surface area contributed by atoms with Gasteiger partial charge in [0.15, 0.2) is 0 Å². The van der Waals surface area contributed by atoms with Crippen molar-refractivity contribution in [1.29, 1.82) is 0 Å². The Morgan fingerprint density at radius 2 is 1.88 bits per heavy atom. The van der Waals surface area contributed by atoms with Gasteiger partial charge >= 0.3 is 5.97 Å². The Bertz CT molecular complexity index is 215. The van der Waals surface area contributed by atoms with Crippen molar-refractivity contribution in [2.24, 2.45) is 0 Å². The third-order valence-corrected chi connectivity index (χ3v) is 3.36. The van der Waals surface area contributed by atoms with E-state index in [1.54, 1.807) is 0 Å². The van der Waals surface area contributed by atoms with Crippen LogP contribution in [0.3, 0.4) is 0 Å². The highest BCUT2D eigenvalue weighted by atomic mass is 16.5. The lowest BCUT2D eigenvalue weighted by Crippen LogP contribution is -2.27. The first kappa shape index (κ1) is 14.5. The van der Waals surface area contributed by atoms with E-state index in [2.05, 4.69) is 21.6 Å². The van der Waals surface area contributed by atoms with Crippen LogP contribution in [0.4, 0.5) is 0 Å². The summed E-state index contributed by atoms with van der Waals surface area (Å²) in [6.45, 7) is 5.90. The van der Waals surface area contributed by atoms with Crippen molar-refractivity contribution in [2.75, 3.05) is 46.9 Å². The molecule has 1 saturated heterocycles. The summed E-state index contributed by atoms with van der Waals surface area (Å²) in [5.74, 6) is -0.101. The van der Waals surface area contributed by atoms with Crippen LogP contribution in [-0.2, 0) is 9.53 Å². The van der Waals surface area contributed by atoms with Crippen LogP contribution in [0.1, 0.15) is 32.1 Å². The fourth-order valence-corrected chi connectivity index (χ4v) is 2.28. The van der Waals surface area contributed by atoms with Gasteiger partial charge in [-0.05, 0) is 65.5 Å². The molecule has 0 atom stereocenters. The van der Waals surface area contributed by atoms with Crippen molar-refractivity contribution in [3.05, 3.63) is 0 Å². The number of esters is 1. The maximum Gasteiger partial charge on any atom is 0.305 e. The van der Waals surface area contributed by atoms with Gasteiger partial charge in [0.05, 0.1) is 7.11 Å². The van der Waals surface area contributed by atoms with Gasteiger partial charge in [-0.25, -0.2) is 0 Å². The maximum absolute atomic E-state index is 10.9. The SMILES string of the molecule is COC(=O)CCCN(C)CCCN1CCCC1. The van der Waals surface area contributed by atoms with Crippen molar-refractivity contribution in [3.8, 4) is 0 Å². The number of carbonyl (C=O) groups excluding carboxylic acids is 1. The summed E-state index contributed by atoms with van der Waals surface area (Å²) in [7, 11) is 3.57. The molecular weight excluding hydrogens is 216 g/mol. The zero-order valence-corrected chi connectivity index (χ0v) is 11.3. The summed E-state index contributed by atoms with van der Waals surface area (Å²) < 4.78 is 4.62. The van der Waals surface area contributed by atoms with Gasteiger partial charge < -0.3 is 14.5 Å². The highest BCUT2D eigenvalue weighted by Crippen LogP contribution is 2.07. The molecule has 1 rings (SSSR count). The van der Waals surface area contributed by atoms with Crippen molar-refractivity contribution in [1.82, 2.24) is 9.80 Å². The minimum Gasteiger partial charge on any atom is -0.469 e. The molecule has 17 heavy (non-hydrogen) atoms. The van der Waals surface area contributed by atoms with Crippen LogP contribution in [0.5, 0.6) is 0 Å². The van der Waals surface area contributed by atoms with Crippen molar-refractivity contribution in [3.63, 3.8) is 0 Å². The second kappa shape index (κ2) is 8.48. The summed E-state index contributed by atoms with van der Waals surface area (Å²) in [4.78, 5) is 15.8. The monoisotopic (exact) mass is 242 g/mol. The Morgan fingerprint density at radius 1 is 1.24 bits per heavy atom. The largest absolute Gasteiger partial charge is 0.469 e. The molecular formula is C13H26N2O2. The van der Waals surface area contributed by atoms with Crippen LogP contribution < -0.4 is 0 Å². The van der Waals surface area contributed by atoms with Crippen LogP contribution in [0, 0.1) is 0 Å². The van der Waals surface area contributed by atoms with E-state index in [1.165, 1.54) is 46.0 Å². The highest BCUT2D eigenvalue weighted by Gasteiger charge is 2.10. The number of methoxy groups -OCH3 is 1. The van der Waals surface area contributed by atoms with Crippen LogP contribution in [0.15, 0.2) is 0 Å². The predicted octanol–water partition coefficient (Wildman–Crippen LogP) is 1.36. The summed E-state index contributed by atoms with van der Waals surface area (Å²) in [6.07, 6.45) is 5.40. The minimum atomic E-state index is -0.101. The van der Waals surface area contributed by atoms with E-state index in [4.69, 9.17) is 0 Å². The lowest BCUT2D eigenvalue weighted by Gasteiger charge is -2.19. The molecule has 0 aliphatic carbocycles. The average Bonchev–Trinajstić information content (AvgIpc) is 2.82. The van der Waals surface area contributed by atoms with Gasteiger partial charge in [0.2, 0.25) is 0 Å². The number of nitrogens with zero attached hydrogens (tertiary/aromatic N) is 2. The number of carbonyl (C=O) groups is 1. The van der Waals surface area contributed by atoms with E-state index in [0.717, 1.165) is 19.5 Å². The van der Waals surface area contributed by atoms with E-state index < -0.39 is 0 Å². The fraction of sp³-hybridized carbons (Fsp3) is 0.923. The molecule has 1 fully saturated rings. The van der Waals surface area contributed by atoms with Crippen LogP contribution in [0.2, 0.25) is 0 Å². The second-order valence-electron chi connectivity index (χ2n) is 4.89. The van der Waals surface area contributed by atoms with Crippen LogP contribution >= 0.6 is 0 Å². The Morgan fingerprint density at radius 3 is 2.53 bits per heavy atom. The number of likely N-dealkylation sites (tertiary alicyclic amines) is 1. The fourth-order valence-electron chi connectivity index (χ4n) is 2.28. The molecule has 0 aromatic rings. The molecule has 100 valence electrons. The lowest BCUT2D eigenvalue weighted by atomic mass is 10.3. The highest BCUT2D eigenvalue weighted by molar-refractivity contribution is 5.69. The van der Waals surface area contributed by atoms with Crippen molar-refractivity contribution in [2.45, 2.75) is 32.1 Å². The summed E-state index contributed by atoms with van der Waals surface area (Å²) in [5, 5.41) is 0. The van der Waals surface area contributed by atoms with Gasteiger partial charge in [0, 0.05) is 6.42 Å². The number of rotatable bonds is 8. The predicted molar refractivity (Wildman–Crippen MR) is 69.0 cm³/mol. The topological polar surface area (TPSA) is 32.8 Å². The molecule has 0 spiro atoms. The summed E-state index contributed by atoms with van der Waals surface area (Å²) in [6, 6.07) is 0. The molecule has 0 unspecified atom stereocenters. The minimum absolute atomic E-state index is 0.101. The van der Waals surface area contributed by atoms with E-state index in [-0.39, 0.29) is 5.97 Å². The van der Waals surface area contributed by atoms with Gasteiger partial charge in [-0.15, -0.1) is 0 Å². The second-order valence-corrected chi connectivity index (χ2v) is 4.89. The Labute approximate surface area is 105 Å². The molecule has 0 amide bonds. The van der Waals surface area contributed by atoms with E-state index in [0.29, 0.717) is 6.42 Å². The summed E-state index contributed by atoms with van der Waals surface area (Å²) >= 11 is 0. The molecule has 0 saturated carbocycles. The molecule has 0 radical (unpaired) electrons. The van der Waals surface area contributed by atoms with Gasteiger partial charge in [0.25, 0.3) is 0 Å². The van der Waals surface area contributed by atoms with Gasteiger partial charge in [-0.1, -0.05) is 0 Å². The third-order valence-electron chi connectivity index (χ3n) is 3.36. The zero-order chi connectivity index (χ0) is 12.5. The van der Waals surface area contributed by atoms with E-state index >= 15 is 0 Å². The molecule has 0 bridgehead atoms. The van der Waals surface area contributed by atoms with Crippen molar-refractivity contribution < 1.29 is 9.53 Å². The lowest BCUT2D eigenvalue weighted by molar-refractivity contribution is -0.140. The zero-order valence-electron chi connectivity index (χ0n) is 11.3. The molecule has 1 aliphatic rings. The van der Waals surface area contributed by atoms with Crippen molar-refractivity contribution >= 4 is 5.97 Å². The van der Waals surface area contributed by atoms with E-state index in [9.17, 15) is 4.79 Å². The van der Waals surface area contributed by atoms with Crippen LogP contribution in [0.25, 0.3) is 0 Å². The third kappa shape index (κ3) is 6.64. The summed E-state index contributed by atoms with van der Waals surface area (Å²) in [5.41, 5.74) is 0. The van der Waals surface area contributed by atoms with Gasteiger partial charge in [-0.3, -0.25) is 4.79 Å². The molecule has 0 N–H and O–H groups in total. The number of hydrogen-bond acceptors (Lipinski definition) is 4. The Balaban J connectivity index is 1.93. The molecule has 4 nitrogen and oxygen atoms in total. The van der Waals surface area contributed by atoms with Gasteiger partial charge in [-0.2, -0.15) is 0 Å². The van der Waals surface area contributed by atoms with Gasteiger partial charge in [0.1, 0.15) is 0 Å². The first-order valence-electron chi connectivity index (χ1n) is 6.70. The quantitative estimate of drug-likeness (QED) is 0.602. The molecule has 1 aliphatic heterocycles. The first-order valence-corrected chi connectivity index (χ1v) is 6.70.